The minimum Gasteiger partial charge on any atom is -0.380 e. The molecule has 2 rings (SSSR count). The van der Waals surface area contributed by atoms with E-state index in [0.29, 0.717) is 5.92 Å². The summed E-state index contributed by atoms with van der Waals surface area (Å²) in [5.74, 6) is -0.635. The topological polar surface area (TPSA) is 9.23 Å². The fraction of sp³-hybridized carbons (Fsp3) is 0.571. The summed E-state index contributed by atoms with van der Waals surface area (Å²) < 4.78 is 32.3. The van der Waals surface area contributed by atoms with Crippen molar-refractivity contribution in [3.63, 3.8) is 0 Å². The highest BCUT2D eigenvalue weighted by Crippen LogP contribution is 2.34. The SMILES string of the molecule is COCc1c(F)cc(C2CCCCC2)cc1F. The molecule has 0 heterocycles. The highest BCUT2D eigenvalue weighted by molar-refractivity contribution is 5.28. The van der Waals surface area contributed by atoms with Crippen molar-refractivity contribution in [2.75, 3.05) is 7.11 Å². The van der Waals surface area contributed by atoms with Crippen LogP contribution in [-0.2, 0) is 11.3 Å². The maximum absolute atomic E-state index is 13.7. The average molecular weight is 240 g/mol. The number of hydrogen-bond acceptors (Lipinski definition) is 1. The number of hydrogen-bond donors (Lipinski definition) is 0. The van der Waals surface area contributed by atoms with Crippen molar-refractivity contribution < 1.29 is 13.5 Å². The van der Waals surface area contributed by atoms with Gasteiger partial charge in [0.05, 0.1) is 6.61 Å². The Morgan fingerprint density at radius 2 is 1.71 bits per heavy atom. The lowest BCUT2D eigenvalue weighted by Gasteiger charge is -2.22. The molecule has 1 fully saturated rings. The third kappa shape index (κ3) is 2.83. The van der Waals surface area contributed by atoms with Gasteiger partial charge in [-0.3, -0.25) is 0 Å². The predicted octanol–water partition coefficient (Wildman–Crippen LogP) is 4.16. The third-order valence-electron chi connectivity index (χ3n) is 3.53. The molecule has 1 aliphatic rings. The van der Waals surface area contributed by atoms with Gasteiger partial charge in [-0.1, -0.05) is 19.3 Å². The molecule has 1 aromatic carbocycles. The maximum Gasteiger partial charge on any atom is 0.131 e. The molecule has 1 nitrogen and oxygen atoms in total. The largest absolute Gasteiger partial charge is 0.380 e. The van der Waals surface area contributed by atoms with E-state index in [9.17, 15) is 8.78 Å². The van der Waals surface area contributed by atoms with Gasteiger partial charge in [0, 0.05) is 12.7 Å². The predicted molar refractivity (Wildman–Crippen MR) is 62.9 cm³/mol. The lowest BCUT2D eigenvalue weighted by Crippen LogP contribution is -2.07. The number of benzene rings is 1. The standard InChI is InChI=1S/C14H18F2O/c1-17-9-12-13(15)7-11(8-14(12)16)10-5-3-2-4-6-10/h7-8,10H,2-6,9H2,1H3. The highest BCUT2D eigenvalue weighted by atomic mass is 19.1. The van der Waals surface area contributed by atoms with Crippen molar-refractivity contribution in [2.45, 2.75) is 44.6 Å². The van der Waals surface area contributed by atoms with Crippen LogP contribution in [-0.4, -0.2) is 7.11 Å². The molecule has 0 spiro atoms. The summed E-state index contributed by atoms with van der Waals surface area (Å²) in [6.45, 7) is -0.0113. The molecule has 1 aliphatic carbocycles. The van der Waals surface area contributed by atoms with Crippen LogP contribution in [0.5, 0.6) is 0 Å². The molecule has 0 saturated heterocycles. The summed E-state index contributed by atoms with van der Waals surface area (Å²) in [5, 5.41) is 0. The average Bonchev–Trinajstić information content (AvgIpc) is 2.35. The summed E-state index contributed by atoms with van der Waals surface area (Å²) in [5.41, 5.74) is 0.839. The quantitative estimate of drug-likeness (QED) is 0.770. The first-order chi connectivity index (χ1) is 8.22. The summed E-state index contributed by atoms with van der Waals surface area (Å²) >= 11 is 0. The van der Waals surface area contributed by atoms with E-state index in [2.05, 4.69) is 0 Å². The molecule has 1 aromatic rings. The molecule has 0 bridgehead atoms. The second-order valence-corrected chi connectivity index (χ2v) is 4.73. The second kappa shape index (κ2) is 5.58. The Labute approximate surface area is 101 Å². The fourth-order valence-corrected chi connectivity index (χ4v) is 2.58. The highest BCUT2D eigenvalue weighted by Gasteiger charge is 2.19. The van der Waals surface area contributed by atoms with Crippen LogP contribution in [0.25, 0.3) is 0 Å². The van der Waals surface area contributed by atoms with Crippen LogP contribution in [0.2, 0.25) is 0 Å². The molecule has 0 unspecified atom stereocenters. The first kappa shape index (κ1) is 12.5. The van der Waals surface area contributed by atoms with Gasteiger partial charge in [0.2, 0.25) is 0 Å². The van der Waals surface area contributed by atoms with Gasteiger partial charge in [0.25, 0.3) is 0 Å². The summed E-state index contributed by atoms with van der Waals surface area (Å²) in [6.07, 6.45) is 5.65. The van der Waals surface area contributed by atoms with Crippen LogP contribution in [0.15, 0.2) is 12.1 Å². The molecule has 17 heavy (non-hydrogen) atoms. The molecular weight excluding hydrogens is 222 g/mol. The maximum atomic E-state index is 13.7. The zero-order valence-corrected chi connectivity index (χ0v) is 10.1. The third-order valence-corrected chi connectivity index (χ3v) is 3.53. The summed E-state index contributed by atoms with van der Waals surface area (Å²) in [6, 6.07) is 2.96. The van der Waals surface area contributed by atoms with E-state index >= 15 is 0 Å². The first-order valence-corrected chi connectivity index (χ1v) is 6.19. The minimum absolute atomic E-state index is 0.0113. The normalized spacial score (nSPS) is 17.4. The Morgan fingerprint density at radius 3 is 2.24 bits per heavy atom. The molecule has 3 heteroatoms. The van der Waals surface area contributed by atoms with Crippen LogP contribution >= 0.6 is 0 Å². The smallest absolute Gasteiger partial charge is 0.131 e. The van der Waals surface area contributed by atoms with Crippen molar-refractivity contribution in [2.24, 2.45) is 0 Å². The molecule has 0 aromatic heterocycles. The van der Waals surface area contributed by atoms with Crippen molar-refractivity contribution in [1.82, 2.24) is 0 Å². The molecule has 0 amide bonds. The molecule has 0 radical (unpaired) electrons. The van der Waals surface area contributed by atoms with Gasteiger partial charge in [-0.15, -0.1) is 0 Å². The van der Waals surface area contributed by atoms with E-state index in [1.165, 1.54) is 25.7 Å². The molecule has 94 valence electrons. The van der Waals surface area contributed by atoms with Crippen LogP contribution in [0.3, 0.4) is 0 Å². The van der Waals surface area contributed by atoms with Gasteiger partial charge < -0.3 is 4.74 Å². The Morgan fingerprint density at radius 1 is 1.12 bits per heavy atom. The number of halogens is 2. The second-order valence-electron chi connectivity index (χ2n) is 4.73. The Hall–Kier alpha value is -0.960. The van der Waals surface area contributed by atoms with Gasteiger partial charge in [0.15, 0.2) is 0 Å². The van der Waals surface area contributed by atoms with E-state index in [1.807, 2.05) is 0 Å². The monoisotopic (exact) mass is 240 g/mol. The zero-order chi connectivity index (χ0) is 12.3. The first-order valence-electron chi connectivity index (χ1n) is 6.19. The van der Waals surface area contributed by atoms with E-state index in [-0.39, 0.29) is 12.2 Å². The van der Waals surface area contributed by atoms with Crippen LogP contribution in [0.1, 0.15) is 49.1 Å². The number of methoxy groups -OCH3 is 1. The van der Waals surface area contributed by atoms with Crippen molar-refractivity contribution >= 4 is 0 Å². The van der Waals surface area contributed by atoms with Crippen molar-refractivity contribution in [3.05, 3.63) is 34.9 Å². The Bertz CT molecular complexity index is 361. The zero-order valence-electron chi connectivity index (χ0n) is 10.1. The van der Waals surface area contributed by atoms with Gasteiger partial charge in [0.1, 0.15) is 11.6 Å². The molecule has 0 aliphatic heterocycles. The summed E-state index contributed by atoms with van der Waals surface area (Å²) in [4.78, 5) is 0. The van der Waals surface area contributed by atoms with Gasteiger partial charge in [-0.25, -0.2) is 8.78 Å². The number of ether oxygens (including phenoxy) is 1. The molecular formula is C14H18F2O. The van der Waals surface area contributed by atoms with Crippen LogP contribution in [0.4, 0.5) is 8.78 Å². The van der Waals surface area contributed by atoms with Gasteiger partial charge in [-0.05, 0) is 36.5 Å². The van der Waals surface area contributed by atoms with E-state index < -0.39 is 11.6 Å². The van der Waals surface area contributed by atoms with Crippen molar-refractivity contribution in [1.29, 1.82) is 0 Å². The number of rotatable bonds is 3. The van der Waals surface area contributed by atoms with Crippen LogP contribution in [0, 0.1) is 11.6 Å². The lowest BCUT2D eigenvalue weighted by atomic mass is 9.84. The van der Waals surface area contributed by atoms with E-state index in [0.717, 1.165) is 31.2 Å². The van der Waals surface area contributed by atoms with Gasteiger partial charge in [-0.2, -0.15) is 0 Å². The molecule has 1 saturated carbocycles. The lowest BCUT2D eigenvalue weighted by molar-refractivity contribution is 0.177. The minimum atomic E-state index is -0.479. The molecule has 0 atom stereocenters. The van der Waals surface area contributed by atoms with Gasteiger partial charge >= 0.3 is 0 Å². The van der Waals surface area contributed by atoms with E-state index in [4.69, 9.17) is 4.74 Å². The Balaban J connectivity index is 2.24. The fourth-order valence-electron chi connectivity index (χ4n) is 2.58. The Kier molecular flexibility index (Phi) is 4.11. The summed E-state index contributed by atoms with van der Waals surface area (Å²) in [7, 11) is 1.44. The van der Waals surface area contributed by atoms with Crippen molar-refractivity contribution in [3.8, 4) is 0 Å². The molecule has 0 N–H and O–H groups in total. The van der Waals surface area contributed by atoms with Crippen LogP contribution < -0.4 is 0 Å². The van der Waals surface area contributed by atoms with E-state index in [1.54, 1.807) is 0 Å².